The summed E-state index contributed by atoms with van der Waals surface area (Å²) < 4.78 is 7.07. The number of carbonyl (C=O) groups excluding carboxylic acids is 1. The molecule has 6 nitrogen and oxygen atoms in total. The summed E-state index contributed by atoms with van der Waals surface area (Å²) in [5.41, 5.74) is 2.53. The minimum atomic E-state index is -0.452. The van der Waals surface area contributed by atoms with Gasteiger partial charge in [0, 0.05) is 17.3 Å². The largest absolute Gasteiger partial charge is 0.445 e. The lowest BCUT2D eigenvalue weighted by Gasteiger charge is -2.22. The first-order chi connectivity index (χ1) is 12.1. The molecule has 0 aliphatic carbocycles. The van der Waals surface area contributed by atoms with E-state index >= 15 is 0 Å². The molecule has 0 aliphatic rings. The van der Waals surface area contributed by atoms with E-state index in [1.807, 2.05) is 52.9 Å². The summed E-state index contributed by atoms with van der Waals surface area (Å²) in [6.45, 7) is 9.78. The fourth-order valence-corrected chi connectivity index (χ4v) is 2.68. The third-order valence-corrected chi connectivity index (χ3v) is 4.14. The molecule has 0 bridgehead atoms. The SMILES string of the molecule is Cc1c(-c2ccn(C[C@H](C)OC(=O)NC(C)(C)C)n2)ccc(C#N)c1Cl. The highest BCUT2D eigenvalue weighted by Gasteiger charge is 2.18. The number of ether oxygens (including phenoxy) is 1. The molecule has 1 amide bonds. The molecule has 1 aromatic carbocycles. The molecule has 2 rings (SSSR count). The summed E-state index contributed by atoms with van der Waals surface area (Å²) in [5.74, 6) is 0. The van der Waals surface area contributed by atoms with Crippen LogP contribution in [0, 0.1) is 18.3 Å². The third kappa shape index (κ3) is 4.99. The Morgan fingerprint density at radius 2 is 2.12 bits per heavy atom. The van der Waals surface area contributed by atoms with Gasteiger partial charge in [-0.3, -0.25) is 4.68 Å². The molecule has 1 N–H and O–H groups in total. The van der Waals surface area contributed by atoms with Crippen LogP contribution in [0.25, 0.3) is 11.3 Å². The topological polar surface area (TPSA) is 79.9 Å². The average molecular weight is 375 g/mol. The zero-order chi connectivity index (χ0) is 19.5. The van der Waals surface area contributed by atoms with Crippen molar-refractivity contribution in [1.29, 1.82) is 5.26 Å². The molecular weight excluding hydrogens is 352 g/mol. The van der Waals surface area contributed by atoms with Gasteiger partial charge in [0.1, 0.15) is 12.2 Å². The van der Waals surface area contributed by atoms with Crippen molar-refractivity contribution in [2.45, 2.75) is 52.8 Å². The van der Waals surface area contributed by atoms with Crippen molar-refractivity contribution in [3.63, 3.8) is 0 Å². The van der Waals surface area contributed by atoms with Crippen molar-refractivity contribution in [2.24, 2.45) is 0 Å². The molecule has 0 aliphatic heterocycles. The monoisotopic (exact) mass is 374 g/mol. The minimum absolute atomic E-state index is 0.337. The average Bonchev–Trinajstić information content (AvgIpc) is 2.95. The molecule has 7 heteroatoms. The number of nitrogens with zero attached hydrogens (tertiary/aromatic N) is 3. The van der Waals surface area contributed by atoms with Gasteiger partial charge in [-0.05, 0) is 52.3 Å². The van der Waals surface area contributed by atoms with Gasteiger partial charge in [-0.15, -0.1) is 0 Å². The lowest BCUT2D eigenvalue weighted by atomic mass is 10.0. The third-order valence-electron chi connectivity index (χ3n) is 3.65. The molecule has 0 unspecified atom stereocenters. The number of amides is 1. The maximum atomic E-state index is 11.8. The van der Waals surface area contributed by atoms with Crippen molar-refractivity contribution < 1.29 is 9.53 Å². The summed E-state index contributed by atoms with van der Waals surface area (Å²) in [4.78, 5) is 11.8. The Kier molecular flexibility index (Phi) is 5.94. The van der Waals surface area contributed by atoms with E-state index in [9.17, 15) is 4.79 Å². The number of halogens is 1. The normalized spacial score (nSPS) is 12.3. The van der Waals surface area contributed by atoms with Gasteiger partial charge in [0.2, 0.25) is 0 Å². The van der Waals surface area contributed by atoms with Gasteiger partial charge in [0.25, 0.3) is 0 Å². The minimum Gasteiger partial charge on any atom is -0.445 e. The number of hydrogen-bond acceptors (Lipinski definition) is 4. The summed E-state index contributed by atoms with van der Waals surface area (Å²) in [6.07, 6.45) is 1.03. The first kappa shape index (κ1) is 19.8. The molecule has 0 radical (unpaired) electrons. The number of nitriles is 1. The molecule has 2 aromatic rings. The molecule has 1 atom stereocenters. The Bertz CT molecular complexity index is 846. The second-order valence-corrected chi connectivity index (χ2v) is 7.60. The maximum absolute atomic E-state index is 11.8. The molecule has 0 saturated carbocycles. The molecule has 0 spiro atoms. The van der Waals surface area contributed by atoms with Crippen LogP contribution in [0.1, 0.15) is 38.8 Å². The molecule has 0 saturated heterocycles. The fourth-order valence-electron chi connectivity index (χ4n) is 2.47. The van der Waals surface area contributed by atoms with Crippen molar-refractivity contribution in [3.8, 4) is 17.3 Å². The number of alkyl carbamates (subject to hydrolysis) is 1. The summed E-state index contributed by atoms with van der Waals surface area (Å²) in [5, 5.41) is 16.8. The summed E-state index contributed by atoms with van der Waals surface area (Å²) in [6, 6.07) is 7.46. The second-order valence-electron chi connectivity index (χ2n) is 7.23. The number of hydrogen-bond donors (Lipinski definition) is 1. The first-order valence-electron chi connectivity index (χ1n) is 8.32. The van der Waals surface area contributed by atoms with Gasteiger partial charge in [-0.25, -0.2) is 4.79 Å². The lowest BCUT2D eigenvalue weighted by Crippen LogP contribution is -2.42. The molecule has 1 heterocycles. The molecule has 26 heavy (non-hydrogen) atoms. The zero-order valence-electron chi connectivity index (χ0n) is 15.6. The van der Waals surface area contributed by atoms with Gasteiger partial charge in [0.15, 0.2) is 0 Å². The van der Waals surface area contributed by atoms with Crippen LogP contribution in [-0.4, -0.2) is 27.5 Å². The predicted octanol–water partition coefficient (Wildman–Crippen LogP) is 4.30. The van der Waals surface area contributed by atoms with Crippen molar-refractivity contribution in [3.05, 3.63) is 40.5 Å². The van der Waals surface area contributed by atoms with Crippen LogP contribution in [0.5, 0.6) is 0 Å². The van der Waals surface area contributed by atoms with E-state index in [4.69, 9.17) is 21.6 Å². The molecule has 1 aromatic heterocycles. The summed E-state index contributed by atoms with van der Waals surface area (Å²) in [7, 11) is 0. The highest BCUT2D eigenvalue weighted by molar-refractivity contribution is 6.32. The van der Waals surface area contributed by atoms with Crippen LogP contribution in [0.15, 0.2) is 24.4 Å². The Labute approximate surface area is 158 Å². The van der Waals surface area contributed by atoms with E-state index < -0.39 is 6.09 Å². The van der Waals surface area contributed by atoms with Gasteiger partial charge >= 0.3 is 6.09 Å². The van der Waals surface area contributed by atoms with Crippen LogP contribution >= 0.6 is 11.6 Å². The van der Waals surface area contributed by atoms with E-state index in [1.165, 1.54) is 0 Å². The lowest BCUT2D eigenvalue weighted by molar-refractivity contribution is 0.0893. The zero-order valence-corrected chi connectivity index (χ0v) is 16.4. The van der Waals surface area contributed by atoms with Crippen LogP contribution in [0.4, 0.5) is 4.79 Å². The van der Waals surface area contributed by atoms with Gasteiger partial charge < -0.3 is 10.1 Å². The van der Waals surface area contributed by atoms with E-state index in [2.05, 4.69) is 16.5 Å². The first-order valence-corrected chi connectivity index (χ1v) is 8.70. The highest BCUT2D eigenvalue weighted by atomic mass is 35.5. The molecular formula is C19H23ClN4O2. The number of nitrogens with one attached hydrogen (secondary N) is 1. The van der Waals surface area contributed by atoms with Crippen LogP contribution in [0.3, 0.4) is 0 Å². The number of carbonyl (C=O) groups is 1. The second kappa shape index (κ2) is 7.79. The quantitative estimate of drug-likeness (QED) is 0.865. The van der Waals surface area contributed by atoms with Gasteiger partial charge in [-0.1, -0.05) is 17.7 Å². The van der Waals surface area contributed by atoms with Gasteiger partial charge in [0.05, 0.1) is 22.8 Å². The van der Waals surface area contributed by atoms with E-state index in [0.29, 0.717) is 17.1 Å². The van der Waals surface area contributed by atoms with Crippen LogP contribution < -0.4 is 5.32 Å². The Morgan fingerprint density at radius 1 is 1.42 bits per heavy atom. The smallest absolute Gasteiger partial charge is 0.407 e. The predicted molar refractivity (Wildman–Crippen MR) is 101 cm³/mol. The Morgan fingerprint density at radius 3 is 2.73 bits per heavy atom. The van der Waals surface area contributed by atoms with Crippen molar-refractivity contribution >= 4 is 17.7 Å². The standard InChI is InChI=1S/C19H23ClN4O2/c1-12(26-18(25)22-19(3,4)5)11-24-9-8-16(23-24)15-7-6-14(10-21)17(20)13(15)2/h6-9,12H,11H2,1-5H3,(H,22,25)/t12-/m0/s1. The highest BCUT2D eigenvalue weighted by Crippen LogP contribution is 2.29. The maximum Gasteiger partial charge on any atom is 0.407 e. The van der Waals surface area contributed by atoms with Crippen LogP contribution in [-0.2, 0) is 11.3 Å². The van der Waals surface area contributed by atoms with E-state index in [1.54, 1.807) is 10.7 Å². The fraction of sp³-hybridized carbons (Fsp3) is 0.421. The van der Waals surface area contributed by atoms with E-state index in [0.717, 1.165) is 16.8 Å². The van der Waals surface area contributed by atoms with E-state index in [-0.39, 0.29) is 11.6 Å². The molecule has 0 fully saturated rings. The number of rotatable bonds is 4. The Balaban J connectivity index is 2.08. The van der Waals surface area contributed by atoms with Gasteiger partial charge in [-0.2, -0.15) is 10.4 Å². The summed E-state index contributed by atoms with van der Waals surface area (Å²) >= 11 is 6.23. The number of aromatic nitrogens is 2. The van der Waals surface area contributed by atoms with Crippen molar-refractivity contribution in [2.75, 3.05) is 0 Å². The van der Waals surface area contributed by atoms with Crippen molar-refractivity contribution in [1.82, 2.24) is 15.1 Å². The Hall–Kier alpha value is -2.52. The molecule has 138 valence electrons. The number of benzene rings is 1. The van der Waals surface area contributed by atoms with Crippen LogP contribution in [0.2, 0.25) is 5.02 Å².